The molecular formula is C16H11FN4OS. The molecule has 0 bridgehead atoms. The van der Waals surface area contributed by atoms with Gasteiger partial charge in [-0.05, 0) is 30.0 Å². The molecule has 3 heterocycles. The summed E-state index contributed by atoms with van der Waals surface area (Å²) in [7, 11) is 1.43. The molecule has 5 nitrogen and oxygen atoms in total. The van der Waals surface area contributed by atoms with E-state index in [2.05, 4.69) is 15.0 Å². The largest absolute Gasteiger partial charge is 0.494 e. The van der Waals surface area contributed by atoms with Crippen molar-refractivity contribution < 1.29 is 9.13 Å². The molecule has 0 saturated heterocycles. The van der Waals surface area contributed by atoms with Crippen LogP contribution in [0.5, 0.6) is 5.75 Å². The van der Waals surface area contributed by atoms with Crippen molar-refractivity contribution in [1.29, 1.82) is 0 Å². The predicted molar refractivity (Wildman–Crippen MR) is 85.4 cm³/mol. The monoisotopic (exact) mass is 326 g/mol. The van der Waals surface area contributed by atoms with E-state index in [9.17, 15) is 4.39 Å². The number of methoxy groups -OCH3 is 1. The topological polar surface area (TPSA) is 52.3 Å². The van der Waals surface area contributed by atoms with Gasteiger partial charge < -0.3 is 4.74 Å². The molecule has 0 aliphatic heterocycles. The average Bonchev–Trinajstić information content (AvgIpc) is 2.98. The van der Waals surface area contributed by atoms with Crippen molar-refractivity contribution in [3.63, 3.8) is 0 Å². The van der Waals surface area contributed by atoms with Gasteiger partial charge in [0.2, 0.25) is 0 Å². The molecule has 23 heavy (non-hydrogen) atoms. The van der Waals surface area contributed by atoms with Gasteiger partial charge in [-0.1, -0.05) is 6.07 Å². The third-order valence-corrected chi connectivity index (χ3v) is 4.47. The van der Waals surface area contributed by atoms with Crippen LogP contribution < -0.4 is 4.74 Å². The molecular weight excluding hydrogens is 315 g/mol. The van der Waals surface area contributed by atoms with E-state index in [1.165, 1.54) is 31.3 Å². The van der Waals surface area contributed by atoms with E-state index in [1.54, 1.807) is 12.3 Å². The Bertz CT molecular complexity index is 1020. The Labute approximate surface area is 135 Å². The van der Waals surface area contributed by atoms with E-state index in [-0.39, 0.29) is 5.75 Å². The highest BCUT2D eigenvalue weighted by Gasteiger charge is 2.13. The standard InChI is InChI=1S/C16H11FN4OS/c1-22-14-6-11-13(7-12(14)17)19-9-20-15(11)23-16-18-8-10-4-2-3-5-21(10)16/h2-9H,1H3. The van der Waals surface area contributed by atoms with Crippen LogP contribution >= 0.6 is 11.8 Å². The second-order valence-electron chi connectivity index (χ2n) is 4.82. The molecule has 0 aliphatic rings. The Balaban J connectivity index is 1.85. The van der Waals surface area contributed by atoms with E-state index >= 15 is 0 Å². The summed E-state index contributed by atoms with van der Waals surface area (Å²) in [6.07, 6.45) is 5.16. The van der Waals surface area contributed by atoms with Crippen LogP contribution in [0.1, 0.15) is 0 Å². The number of imidazole rings is 1. The van der Waals surface area contributed by atoms with Crippen molar-refractivity contribution in [2.75, 3.05) is 7.11 Å². The van der Waals surface area contributed by atoms with Gasteiger partial charge in [-0.25, -0.2) is 19.3 Å². The van der Waals surface area contributed by atoms with E-state index in [0.717, 1.165) is 16.1 Å². The van der Waals surface area contributed by atoms with Crippen LogP contribution in [0.3, 0.4) is 0 Å². The zero-order valence-corrected chi connectivity index (χ0v) is 12.9. The summed E-state index contributed by atoms with van der Waals surface area (Å²) in [6.45, 7) is 0. The van der Waals surface area contributed by atoms with Crippen LogP contribution in [0, 0.1) is 5.82 Å². The predicted octanol–water partition coefficient (Wildman–Crippen LogP) is 3.58. The lowest BCUT2D eigenvalue weighted by Crippen LogP contribution is -1.93. The van der Waals surface area contributed by atoms with Gasteiger partial charge in [-0.15, -0.1) is 0 Å². The molecule has 7 heteroatoms. The van der Waals surface area contributed by atoms with E-state index < -0.39 is 5.82 Å². The quantitative estimate of drug-likeness (QED) is 0.539. The van der Waals surface area contributed by atoms with Crippen LogP contribution in [0.4, 0.5) is 4.39 Å². The minimum absolute atomic E-state index is 0.169. The van der Waals surface area contributed by atoms with Gasteiger partial charge in [0.05, 0.1) is 24.3 Å². The van der Waals surface area contributed by atoms with Gasteiger partial charge in [-0.2, -0.15) is 0 Å². The summed E-state index contributed by atoms with van der Waals surface area (Å²) in [5.74, 6) is -0.275. The van der Waals surface area contributed by atoms with E-state index in [4.69, 9.17) is 4.74 Å². The van der Waals surface area contributed by atoms with E-state index in [1.807, 2.05) is 28.8 Å². The summed E-state index contributed by atoms with van der Waals surface area (Å²) in [5.41, 5.74) is 1.53. The second-order valence-corrected chi connectivity index (χ2v) is 5.78. The van der Waals surface area contributed by atoms with Crippen molar-refractivity contribution >= 4 is 28.2 Å². The van der Waals surface area contributed by atoms with Gasteiger partial charge in [0, 0.05) is 17.6 Å². The zero-order valence-electron chi connectivity index (χ0n) is 12.1. The number of nitrogens with zero attached hydrogens (tertiary/aromatic N) is 4. The molecule has 4 rings (SSSR count). The van der Waals surface area contributed by atoms with Gasteiger partial charge in [-0.3, -0.25) is 4.40 Å². The lowest BCUT2D eigenvalue weighted by Gasteiger charge is -2.07. The SMILES string of the molecule is COc1cc2c(Sc3ncc4ccccn34)ncnc2cc1F. The minimum Gasteiger partial charge on any atom is -0.494 e. The first-order chi connectivity index (χ1) is 11.3. The molecule has 0 atom stereocenters. The van der Waals surface area contributed by atoms with Gasteiger partial charge in [0.1, 0.15) is 11.4 Å². The maximum Gasteiger partial charge on any atom is 0.179 e. The lowest BCUT2D eigenvalue weighted by molar-refractivity contribution is 0.387. The second kappa shape index (κ2) is 5.51. The van der Waals surface area contributed by atoms with Crippen LogP contribution in [0.15, 0.2) is 59.2 Å². The molecule has 114 valence electrons. The Kier molecular flexibility index (Phi) is 3.34. The summed E-state index contributed by atoms with van der Waals surface area (Å²) < 4.78 is 20.9. The number of rotatable bonds is 3. The number of halogens is 1. The highest BCUT2D eigenvalue weighted by atomic mass is 32.2. The van der Waals surface area contributed by atoms with Gasteiger partial charge in [0.25, 0.3) is 0 Å². The third-order valence-electron chi connectivity index (χ3n) is 3.47. The molecule has 0 spiro atoms. The molecule has 0 N–H and O–H groups in total. The summed E-state index contributed by atoms with van der Waals surface area (Å²) in [4.78, 5) is 12.9. The van der Waals surface area contributed by atoms with Crippen LogP contribution in [0.2, 0.25) is 0 Å². The third kappa shape index (κ3) is 2.39. The molecule has 0 unspecified atom stereocenters. The first-order valence-electron chi connectivity index (χ1n) is 6.84. The highest BCUT2D eigenvalue weighted by Crippen LogP contribution is 2.33. The van der Waals surface area contributed by atoms with Crippen LogP contribution in [-0.4, -0.2) is 26.5 Å². The molecule has 0 aliphatic carbocycles. The maximum atomic E-state index is 13.8. The van der Waals surface area contributed by atoms with Crippen molar-refractivity contribution in [2.45, 2.75) is 10.2 Å². The van der Waals surface area contributed by atoms with Crippen molar-refractivity contribution in [1.82, 2.24) is 19.4 Å². The first kappa shape index (κ1) is 14.0. The fraction of sp³-hybridized carbons (Fsp3) is 0.0625. The lowest BCUT2D eigenvalue weighted by atomic mass is 10.2. The first-order valence-corrected chi connectivity index (χ1v) is 7.66. The number of aromatic nitrogens is 4. The van der Waals surface area contributed by atoms with Crippen molar-refractivity contribution in [3.05, 3.63) is 54.9 Å². The fourth-order valence-corrected chi connectivity index (χ4v) is 3.27. The van der Waals surface area contributed by atoms with Crippen LogP contribution in [-0.2, 0) is 0 Å². The molecule has 0 radical (unpaired) electrons. The molecule has 4 aromatic rings. The summed E-state index contributed by atoms with van der Waals surface area (Å²) >= 11 is 1.40. The van der Waals surface area contributed by atoms with Crippen LogP contribution in [0.25, 0.3) is 16.4 Å². The fourth-order valence-electron chi connectivity index (χ4n) is 2.35. The number of benzene rings is 1. The molecule has 1 aromatic carbocycles. The normalized spacial score (nSPS) is 11.2. The summed E-state index contributed by atoms with van der Waals surface area (Å²) in [5, 5.41) is 2.21. The van der Waals surface area contributed by atoms with Gasteiger partial charge in [0.15, 0.2) is 16.7 Å². The number of pyridine rings is 1. The number of fused-ring (bicyclic) bond motifs is 2. The number of hydrogen-bond donors (Lipinski definition) is 0. The van der Waals surface area contributed by atoms with Gasteiger partial charge >= 0.3 is 0 Å². The Morgan fingerprint density at radius 3 is 2.96 bits per heavy atom. The molecule has 0 saturated carbocycles. The number of hydrogen-bond acceptors (Lipinski definition) is 5. The molecule has 0 fully saturated rings. The average molecular weight is 326 g/mol. The molecule has 3 aromatic heterocycles. The van der Waals surface area contributed by atoms with E-state index in [0.29, 0.717) is 10.5 Å². The highest BCUT2D eigenvalue weighted by molar-refractivity contribution is 7.99. The van der Waals surface area contributed by atoms with Crippen molar-refractivity contribution in [2.24, 2.45) is 0 Å². The smallest absolute Gasteiger partial charge is 0.179 e. The Hall–Kier alpha value is -2.67. The van der Waals surface area contributed by atoms with Crippen molar-refractivity contribution in [3.8, 4) is 5.75 Å². The minimum atomic E-state index is -0.444. The molecule has 0 amide bonds. The maximum absolute atomic E-state index is 13.8. The Morgan fingerprint density at radius 2 is 2.09 bits per heavy atom. The number of ether oxygens (including phenoxy) is 1. The zero-order chi connectivity index (χ0) is 15.8. The summed E-state index contributed by atoms with van der Waals surface area (Å²) in [6, 6.07) is 8.84. The Morgan fingerprint density at radius 1 is 1.17 bits per heavy atom.